The summed E-state index contributed by atoms with van der Waals surface area (Å²) in [5.74, 6) is -0.799. The van der Waals surface area contributed by atoms with E-state index in [1.165, 1.54) is 0 Å². The second kappa shape index (κ2) is 10.3. The number of benzene rings is 3. The number of hydrogen-bond donors (Lipinski definition) is 3. The molecule has 1 saturated carbocycles. The molecule has 3 aromatic rings. The van der Waals surface area contributed by atoms with E-state index in [2.05, 4.69) is 16.0 Å². The third-order valence-electron chi connectivity index (χ3n) is 5.34. The number of halogens is 1. The largest absolute Gasteiger partial charge is 0.349 e. The van der Waals surface area contributed by atoms with E-state index < -0.39 is 6.04 Å². The van der Waals surface area contributed by atoms with Crippen LogP contribution in [0.5, 0.6) is 0 Å². The fraction of sp³-hybridized carbons (Fsp3) is 0.192. The van der Waals surface area contributed by atoms with Crippen molar-refractivity contribution >= 4 is 35.0 Å². The average Bonchev–Trinajstić information content (AvgIpc) is 3.63. The lowest BCUT2D eigenvalue weighted by atomic mass is 10.0. The Morgan fingerprint density at radius 2 is 1.61 bits per heavy atom. The molecule has 7 heteroatoms. The summed E-state index contributed by atoms with van der Waals surface area (Å²) < 4.78 is 0. The summed E-state index contributed by atoms with van der Waals surface area (Å²) in [5.41, 5.74) is 2.15. The molecule has 0 spiro atoms. The van der Waals surface area contributed by atoms with Gasteiger partial charge < -0.3 is 16.0 Å². The van der Waals surface area contributed by atoms with E-state index in [4.69, 9.17) is 11.6 Å². The zero-order valence-electron chi connectivity index (χ0n) is 17.9. The summed E-state index contributed by atoms with van der Waals surface area (Å²) in [4.78, 5) is 38.0. The minimum Gasteiger partial charge on any atom is -0.349 e. The third kappa shape index (κ3) is 6.20. The van der Waals surface area contributed by atoms with Gasteiger partial charge in [-0.15, -0.1) is 0 Å². The van der Waals surface area contributed by atoms with Crippen molar-refractivity contribution < 1.29 is 14.4 Å². The minimum atomic E-state index is -0.559. The van der Waals surface area contributed by atoms with Gasteiger partial charge in [0.2, 0.25) is 5.91 Å². The van der Waals surface area contributed by atoms with Crippen molar-refractivity contribution in [2.24, 2.45) is 0 Å². The molecule has 1 fully saturated rings. The minimum absolute atomic E-state index is 0.0126. The number of nitrogens with one attached hydrogen (secondary N) is 3. The van der Waals surface area contributed by atoms with Crippen LogP contribution in [0, 0.1) is 0 Å². The highest BCUT2D eigenvalue weighted by Gasteiger charge is 2.24. The highest BCUT2D eigenvalue weighted by Crippen LogP contribution is 2.22. The number of anilines is 1. The first-order valence-electron chi connectivity index (χ1n) is 10.8. The summed E-state index contributed by atoms with van der Waals surface area (Å²) >= 11 is 6.16. The van der Waals surface area contributed by atoms with Crippen LogP contribution in [-0.4, -0.2) is 23.8 Å². The molecule has 0 bridgehead atoms. The third-order valence-corrected chi connectivity index (χ3v) is 5.67. The summed E-state index contributed by atoms with van der Waals surface area (Å²) in [7, 11) is 0. The highest BCUT2D eigenvalue weighted by atomic mass is 35.5. The second-order valence-corrected chi connectivity index (χ2v) is 8.40. The quantitative estimate of drug-likeness (QED) is 0.453. The lowest BCUT2D eigenvalue weighted by Gasteiger charge is -2.19. The molecule has 1 atom stereocenters. The van der Waals surface area contributed by atoms with Crippen LogP contribution in [0.15, 0.2) is 78.9 Å². The fourth-order valence-corrected chi connectivity index (χ4v) is 3.67. The van der Waals surface area contributed by atoms with Gasteiger partial charge in [0.25, 0.3) is 11.8 Å². The Hall–Kier alpha value is -3.64. The summed E-state index contributed by atoms with van der Waals surface area (Å²) in [5, 5.41) is 9.03. The van der Waals surface area contributed by atoms with Gasteiger partial charge in [0.1, 0.15) is 0 Å². The first-order chi connectivity index (χ1) is 16.0. The predicted octanol–water partition coefficient (Wildman–Crippen LogP) is 4.73. The molecule has 0 radical (unpaired) electrons. The monoisotopic (exact) mass is 461 g/mol. The number of hydrogen-bond acceptors (Lipinski definition) is 3. The van der Waals surface area contributed by atoms with Crippen molar-refractivity contribution in [3.63, 3.8) is 0 Å². The standard InChI is InChI=1S/C26H24ClN3O3/c27-22-12-5-4-11-21(22)26(33)30-23(17-7-2-1-3-8-17)16-24(31)28-20-10-6-9-18(15-20)25(32)29-19-13-14-19/h1-12,15,19,23H,13-14,16H2,(H,28,31)(H,29,32)(H,30,33)/t23-/m0/s1. The zero-order valence-corrected chi connectivity index (χ0v) is 18.6. The predicted molar refractivity (Wildman–Crippen MR) is 128 cm³/mol. The van der Waals surface area contributed by atoms with E-state index in [0.29, 0.717) is 21.8 Å². The molecule has 0 unspecified atom stereocenters. The Morgan fingerprint density at radius 1 is 0.879 bits per heavy atom. The van der Waals surface area contributed by atoms with E-state index in [1.54, 1.807) is 48.5 Å². The van der Waals surface area contributed by atoms with Gasteiger partial charge in [0.05, 0.1) is 23.0 Å². The highest BCUT2D eigenvalue weighted by molar-refractivity contribution is 6.33. The molecule has 1 aliphatic carbocycles. The van der Waals surface area contributed by atoms with Gasteiger partial charge in [-0.25, -0.2) is 0 Å². The molecular formula is C26H24ClN3O3. The van der Waals surface area contributed by atoms with Crippen molar-refractivity contribution in [2.45, 2.75) is 31.3 Å². The Balaban J connectivity index is 1.46. The second-order valence-electron chi connectivity index (χ2n) is 8.00. The molecule has 33 heavy (non-hydrogen) atoms. The zero-order chi connectivity index (χ0) is 23.2. The van der Waals surface area contributed by atoms with Gasteiger partial charge in [0.15, 0.2) is 0 Å². The van der Waals surface area contributed by atoms with Crippen LogP contribution in [-0.2, 0) is 4.79 Å². The van der Waals surface area contributed by atoms with Crippen LogP contribution in [0.1, 0.15) is 51.6 Å². The maximum atomic E-state index is 12.9. The van der Waals surface area contributed by atoms with Crippen molar-refractivity contribution in [3.05, 3.63) is 101 Å². The first-order valence-corrected chi connectivity index (χ1v) is 11.2. The Kier molecular flexibility index (Phi) is 7.05. The van der Waals surface area contributed by atoms with Gasteiger partial charge in [-0.3, -0.25) is 14.4 Å². The molecule has 168 valence electrons. The number of rotatable bonds is 8. The smallest absolute Gasteiger partial charge is 0.253 e. The molecule has 0 saturated heterocycles. The fourth-order valence-electron chi connectivity index (χ4n) is 3.45. The number of amides is 3. The molecule has 6 nitrogen and oxygen atoms in total. The van der Waals surface area contributed by atoms with Gasteiger partial charge in [0, 0.05) is 17.3 Å². The van der Waals surface area contributed by atoms with Crippen molar-refractivity contribution in [3.8, 4) is 0 Å². The first kappa shape index (κ1) is 22.6. The van der Waals surface area contributed by atoms with Crippen LogP contribution in [0.4, 0.5) is 5.69 Å². The normalized spacial score (nSPS) is 13.6. The topological polar surface area (TPSA) is 87.3 Å². The molecule has 4 rings (SSSR count). The van der Waals surface area contributed by atoms with Gasteiger partial charge in [-0.1, -0.05) is 60.1 Å². The van der Waals surface area contributed by atoms with E-state index in [1.807, 2.05) is 30.3 Å². The SMILES string of the molecule is O=C(C[C@H](NC(=O)c1ccccc1Cl)c1ccccc1)Nc1cccc(C(=O)NC2CC2)c1. The van der Waals surface area contributed by atoms with Crippen LogP contribution < -0.4 is 16.0 Å². The van der Waals surface area contributed by atoms with Crippen molar-refractivity contribution in [2.75, 3.05) is 5.32 Å². The van der Waals surface area contributed by atoms with Gasteiger partial charge in [-0.05, 0) is 48.7 Å². The summed E-state index contributed by atoms with van der Waals surface area (Å²) in [6, 6.07) is 22.6. The molecular weight excluding hydrogens is 438 g/mol. The van der Waals surface area contributed by atoms with E-state index in [0.717, 1.165) is 18.4 Å². The van der Waals surface area contributed by atoms with Crippen molar-refractivity contribution in [1.82, 2.24) is 10.6 Å². The summed E-state index contributed by atoms with van der Waals surface area (Å²) in [6.07, 6.45) is 2.02. The molecule has 0 aromatic heterocycles. The molecule has 3 amide bonds. The molecule has 3 aromatic carbocycles. The Morgan fingerprint density at radius 3 is 2.33 bits per heavy atom. The number of carbonyl (C=O) groups is 3. The molecule has 0 aliphatic heterocycles. The maximum absolute atomic E-state index is 12.9. The average molecular weight is 462 g/mol. The van der Waals surface area contributed by atoms with Crippen molar-refractivity contribution in [1.29, 1.82) is 0 Å². The van der Waals surface area contributed by atoms with Crippen LogP contribution >= 0.6 is 11.6 Å². The molecule has 0 heterocycles. The van der Waals surface area contributed by atoms with Crippen LogP contribution in [0.2, 0.25) is 5.02 Å². The van der Waals surface area contributed by atoms with E-state index in [-0.39, 0.29) is 30.2 Å². The number of carbonyl (C=O) groups excluding carboxylic acids is 3. The van der Waals surface area contributed by atoms with E-state index >= 15 is 0 Å². The molecule has 3 N–H and O–H groups in total. The van der Waals surface area contributed by atoms with Crippen LogP contribution in [0.3, 0.4) is 0 Å². The Bertz CT molecular complexity index is 1160. The van der Waals surface area contributed by atoms with Gasteiger partial charge in [-0.2, -0.15) is 0 Å². The lowest BCUT2D eigenvalue weighted by Crippen LogP contribution is -2.31. The Labute approximate surface area is 197 Å². The lowest BCUT2D eigenvalue weighted by molar-refractivity contribution is -0.116. The van der Waals surface area contributed by atoms with Gasteiger partial charge >= 0.3 is 0 Å². The van der Waals surface area contributed by atoms with E-state index in [9.17, 15) is 14.4 Å². The summed E-state index contributed by atoms with van der Waals surface area (Å²) in [6.45, 7) is 0. The maximum Gasteiger partial charge on any atom is 0.253 e. The molecule has 1 aliphatic rings. The van der Waals surface area contributed by atoms with Crippen LogP contribution in [0.25, 0.3) is 0 Å².